The van der Waals surface area contributed by atoms with Crippen molar-refractivity contribution in [2.45, 2.75) is 46.6 Å². The van der Waals surface area contributed by atoms with E-state index in [-0.39, 0.29) is 0 Å². The summed E-state index contributed by atoms with van der Waals surface area (Å²) in [6, 6.07) is 3.84. The van der Waals surface area contributed by atoms with Gasteiger partial charge in [-0.2, -0.15) is 0 Å². The molecule has 19 heavy (non-hydrogen) atoms. The maximum atomic E-state index is 5.82. The molecule has 1 aromatic heterocycles. The second-order valence-corrected chi connectivity index (χ2v) is 6.85. The van der Waals surface area contributed by atoms with Crippen LogP contribution in [-0.2, 0) is 6.54 Å². The van der Waals surface area contributed by atoms with Crippen LogP contribution in [0.5, 0.6) is 0 Å². The van der Waals surface area contributed by atoms with Crippen LogP contribution in [0.1, 0.15) is 45.7 Å². The summed E-state index contributed by atoms with van der Waals surface area (Å²) in [7, 11) is 0. The molecule has 0 aromatic carbocycles. The lowest BCUT2D eigenvalue weighted by Gasteiger charge is -2.29. The second-order valence-electron chi connectivity index (χ2n) is 6.85. The molecule has 3 heteroatoms. The van der Waals surface area contributed by atoms with Gasteiger partial charge in [0.25, 0.3) is 0 Å². The number of nitrogens with two attached hydrogens (primary N) is 1. The molecule has 1 aliphatic rings. The summed E-state index contributed by atoms with van der Waals surface area (Å²) in [6.07, 6.45) is 5.75. The van der Waals surface area contributed by atoms with E-state index in [0.29, 0.717) is 5.41 Å². The van der Waals surface area contributed by atoms with Crippen LogP contribution in [0.4, 0.5) is 5.69 Å². The normalized spacial score (nSPS) is 22.2. The molecule has 106 valence electrons. The van der Waals surface area contributed by atoms with Crippen molar-refractivity contribution in [3.05, 3.63) is 24.0 Å². The van der Waals surface area contributed by atoms with Crippen LogP contribution in [0.3, 0.4) is 0 Å². The van der Waals surface area contributed by atoms with Gasteiger partial charge in [-0.3, -0.25) is 9.88 Å². The highest BCUT2D eigenvalue weighted by Crippen LogP contribution is 2.34. The highest BCUT2D eigenvalue weighted by atomic mass is 15.1. The lowest BCUT2D eigenvalue weighted by Crippen LogP contribution is -2.26. The molecule has 1 fully saturated rings. The molecule has 2 N–H and O–H groups in total. The monoisotopic (exact) mass is 261 g/mol. The molecule has 0 radical (unpaired) electrons. The maximum Gasteiger partial charge on any atom is 0.0564 e. The smallest absolute Gasteiger partial charge is 0.0564 e. The molecule has 0 amide bonds. The minimum Gasteiger partial charge on any atom is -0.399 e. The van der Waals surface area contributed by atoms with Crippen molar-refractivity contribution in [2.75, 3.05) is 18.8 Å². The maximum absolute atomic E-state index is 5.82. The number of nitrogen functional groups attached to an aromatic ring is 1. The zero-order chi connectivity index (χ0) is 13.9. The van der Waals surface area contributed by atoms with Gasteiger partial charge in [-0.1, -0.05) is 20.8 Å². The Hall–Kier alpha value is -1.09. The predicted molar refractivity (Wildman–Crippen MR) is 80.7 cm³/mol. The van der Waals surface area contributed by atoms with Gasteiger partial charge in [0, 0.05) is 18.4 Å². The Morgan fingerprint density at radius 3 is 2.79 bits per heavy atom. The molecule has 2 rings (SSSR count). The van der Waals surface area contributed by atoms with Gasteiger partial charge in [0.2, 0.25) is 0 Å². The molecule has 3 nitrogen and oxygen atoms in total. The van der Waals surface area contributed by atoms with Gasteiger partial charge in [-0.25, -0.2) is 0 Å². The average molecular weight is 261 g/mol. The quantitative estimate of drug-likeness (QED) is 0.888. The molecular formula is C16H27N3. The fourth-order valence-corrected chi connectivity index (χ4v) is 2.99. The van der Waals surface area contributed by atoms with Crippen LogP contribution in [0, 0.1) is 11.3 Å². The summed E-state index contributed by atoms with van der Waals surface area (Å²) in [5, 5.41) is 0. The molecule has 1 aliphatic heterocycles. The number of hydrogen-bond acceptors (Lipinski definition) is 3. The van der Waals surface area contributed by atoms with E-state index in [9.17, 15) is 0 Å². The molecule has 0 saturated carbocycles. The number of pyridine rings is 1. The van der Waals surface area contributed by atoms with E-state index in [1.165, 1.54) is 32.4 Å². The van der Waals surface area contributed by atoms with Gasteiger partial charge >= 0.3 is 0 Å². The zero-order valence-electron chi connectivity index (χ0n) is 12.5. The average Bonchev–Trinajstić information content (AvgIpc) is 2.54. The molecule has 2 heterocycles. The van der Waals surface area contributed by atoms with E-state index in [0.717, 1.165) is 23.8 Å². The van der Waals surface area contributed by atoms with Crippen LogP contribution in [-0.4, -0.2) is 23.0 Å². The van der Waals surface area contributed by atoms with E-state index in [2.05, 4.69) is 30.7 Å². The molecule has 1 atom stereocenters. The third-order valence-electron chi connectivity index (χ3n) is 4.27. The Bertz CT molecular complexity index is 409. The fourth-order valence-electron chi connectivity index (χ4n) is 2.99. The fraction of sp³-hybridized carbons (Fsp3) is 0.688. The van der Waals surface area contributed by atoms with Crippen molar-refractivity contribution in [2.24, 2.45) is 11.3 Å². The number of hydrogen-bond donors (Lipinski definition) is 1. The van der Waals surface area contributed by atoms with Gasteiger partial charge in [0.05, 0.1) is 5.69 Å². The Morgan fingerprint density at radius 1 is 1.32 bits per heavy atom. The van der Waals surface area contributed by atoms with E-state index in [1.807, 2.05) is 12.1 Å². The van der Waals surface area contributed by atoms with E-state index in [1.54, 1.807) is 6.20 Å². The van der Waals surface area contributed by atoms with Crippen molar-refractivity contribution in [1.82, 2.24) is 9.88 Å². The summed E-state index contributed by atoms with van der Waals surface area (Å²) in [5.74, 6) is 0.839. The Labute approximate surface area is 117 Å². The lowest BCUT2D eigenvalue weighted by atomic mass is 9.77. The number of anilines is 1. The minimum absolute atomic E-state index is 0.436. The van der Waals surface area contributed by atoms with Gasteiger partial charge in [0.1, 0.15) is 0 Å². The van der Waals surface area contributed by atoms with Crippen molar-refractivity contribution < 1.29 is 0 Å². The van der Waals surface area contributed by atoms with Crippen molar-refractivity contribution in [3.8, 4) is 0 Å². The highest BCUT2D eigenvalue weighted by molar-refractivity contribution is 5.37. The Balaban J connectivity index is 1.93. The first-order chi connectivity index (χ1) is 8.95. The summed E-state index contributed by atoms with van der Waals surface area (Å²) < 4.78 is 0. The first-order valence-electron chi connectivity index (χ1n) is 7.38. The molecule has 0 spiro atoms. The van der Waals surface area contributed by atoms with E-state index >= 15 is 0 Å². The second kappa shape index (κ2) is 5.91. The van der Waals surface area contributed by atoms with Crippen LogP contribution in [0.2, 0.25) is 0 Å². The molecule has 1 aromatic rings. The standard InChI is InChI=1S/C16H27N3/c1-16(2,3)13-5-4-9-19(10-7-13)12-15-11-14(17)6-8-18-15/h6,8,11,13H,4-5,7,9-10,12H2,1-3H3,(H2,17,18). The third kappa shape index (κ3) is 4.20. The SMILES string of the molecule is CC(C)(C)C1CCCN(Cc2cc(N)ccn2)CC1. The van der Waals surface area contributed by atoms with Crippen molar-refractivity contribution >= 4 is 5.69 Å². The zero-order valence-corrected chi connectivity index (χ0v) is 12.5. The number of aromatic nitrogens is 1. The van der Waals surface area contributed by atoms with E-state index in [4.69, 9.17) is 5.73 Å². The van der Waals surface area contributed by atoms with Crippen LogP contribution >= 0.6 is 0 Å². The molecule has 1 saturated heterocycles. The van der Waals surface area contributed by atoms with Crippen LogP contribution < -0.4 is 5.73 Å². The summed E-state index contributed by atoms with van der Waals surface area (Å²) >= 11 is 0. The third-order valence-corrected chi connectivity index (χ3v) is 4.27. The minimum atomic E-state index is 0.436. The first kappa shape index (κ1) is 14.3. The summed E-state index contributed by atoms with van der Waals surface area (Å²) in [4.78, 5) is 6.93. The highest BCUT2D eigenvalue weighted by Gasteiger charge is 2.27. The van der Waals surface area contributed by atoms with Gasteiger partial charge in [-0.05, 0) is 55.8 Å². The molecular weight excluding hydrogens is 234 g/mol. The van der Waals surface area contributed by atoms with Crippen LogP contribution in [0.25, 0.3) is 0 Å². The van der Waals surface area contributed by atoms with Gasteiger partial charge in [0.15, 0.2) is 0 Å². The Kier molecular flexibility index (Phi) is 4.46. The van der Waals surface area contributed by atoms with Gasteiger partial charge in [-0.15, -0.1) is 0 Å². The predicted octanol–water partition coefficient (Wildman–Crippen LogP) is 3.31. The first-order valence-corrected chi connectivity index (χ1v) is 7.38. The van der Waals surface area contributed by atoms with Crippen molar-refractivity contribution in [1.29, 1.82) is 0 Å². The number of rotatable bonds is 2. The Morgan fingerprint density at radius 2 is 2.11 bits per heavy atom. The van der Waals surface area contributed by atoms with E-state index < -0.39 is 0 Å². The molecule has 1 unspecified atom stereocenters. The molecule has 0 aliphatic carbocycles. The molecule has 0 bridgehead atoms. The summed E-state index contributed by atoms with van der Waals surface area (Å²) in [6.45, 7) is 10.4. The van der Waals surface area contributed by atoms with Crippen LogP contribution in [0.15, 0.2) is 18.3 Å². The number of likely N-dealkylation sites (tertiary alicyclic amines) is 1. The summed E-state index contributed by atoms with van der Waals surface area (Å²) in [5.41, 5.74) is 8.16. The topological polar surface area (TPSA) is 42.1 Å². The number of nitrogens with zero attached hydrogens (tertiary/aromatic N) is 2. The van der Waals surface area contributed by atoms with Gasteiger partial charge < -0.3 is 5.73 Å². The van der Waals surface area contributed by atoms with Crippen molar-refractivity contribution in [3.63, 3.8) is 0 Å². The largest absolute Gasteiger partial charge is 0.399 e. The lowest BCUT2D eigenvalue weighted by molar-refractivity contribution is 0.206.